The molecule has 0 saturated carbocycles. The zero-order chi connectivity index (χ0) is 21.8. The van der Waals surface area contributed by atoms with E-state index < -0.39 is 11.6 Å². The van der Waals surface area contributed by atoms with Gasteiger partial charge in [0.05, 0.1) is 6.20 Å². The van der Waals surface area contributed by atoms with E-state index in [1.54, 1.807) is 7.11 Å². The van der Waals surface area contributed by atoms with Crippen LogP contribution in [-0.2, 0) is 16.9 Å². The third kappa shape index (κ3) is 4.17. The molecule has 1 unspecified atom stereocenters. The van der Waals surface area contributed by atoms with E-state index in [2.05, 4.69) is 35.3 Å². The Bertz CT molecular complexity index is 1210. The van der Waals surface area contributed by atoms with E-state index in [0.29, 0.717) is 18.0 Å². The molecule has 0 fully saturated rings. The minimum absolute atomic E-state index is 0.189. The zero-order valence-corrected chi connectivity index (χ0v) is 18.2. The number of hydrogen-bond acceptors (Lipinski definition) is 5. The first kappa shape index (κ1) is 21.0. The molecule has 1 aromatic heterocycles. The summed E-state index contributed by atoms with van der Waals surface area (Å²) in [6.07, 6.45) is 1.98. The Morgan fingerprint density at radius 2 is 1.87 bits per heavy atom. The Morgan fingerprint density at radius 3 is 2.58 bits per heavy atom. The summed E-state index contributed by atoms with van der Waals surface area (Å²) < 4.78 is 12.0. The van der Waals surface area contributed by atoms with Gasteiger partial charge >= 0.3 is 5.97 Å². The Balaban J connectivity index is 1.59. The van der Waals surface area contributed by atoms with Gasteiger partial charge in [0.25, 0.3) is 0 Å². The monoisotopic (exact) mass is 433 g/mol. The van der Waals surface area contributed by atoms with Gasteiger partial charge in [-0.05, 0) is 46.5 Å². The highest BCUT2D eigenvalue weighted by Gasteiger charge is 2.36. The maximum Gasteiger partial charge on any atom is 0.347 e. The molecule has 4 aromatic rings. The number of fused-ring (bicyclic) bond motifs is 1. The number of benzene rings is 3. The number of aromatic carboxylic acids is 1. The summed E-state index contributed by atoms with van der Waals surface area (Å²) in [5, 5.41) is 12.3. The SMILES string of the molecule is CCC(OC)(c1cccc(OCc2ccc3ccccc3c2)c1)c1ncc(C(=O)O)s1. The lowest BCUT2D eigenvalue weighted by Crippen LogP contribution is -2.29. The first-order valence-electron chi connectivity index (χ1n) is 10.0. The first-order valence-corrected chi connectivity index (χ1v) is 10.8. The minimum Gasteiger partial charge on any atom is -0.489 e. The van der Waals surface area contributed by atoms with E-state index in [1.165, 1.54) is 17.0 Å². The molecule has 0 aliphatic rings. The predicted molar refractivity (Wildman–Crippen MR) is 122 cm³/mol. The summed E-state index contributed by atoms with van der Waals surface area (Å²) in [7, 11) is 1.62. The van der Waals surface area contributed by atoms with Crippen LogP contribution in [0.5, 0.6) is 5.75 Å². The molecule has 0 bridgehead atoms. The van der Waals surface area contributed by atoms with E-state index in [0.717, 1.165) is 28.2 Å². The molecule has 4 rings (SSSR count). The van der Waals surface area contributed by atoms with E-state index in [-0.39, 0.29) is 4.88 Å². The largest absolute Gasteiger partial charge is 0.489 e. The molecular formula is C25H23NO4S. The van der Waals surface area contributed by atoms with Crippen molar-refractivity contribution in [3.63, 3.8) is 0 Å². The van der Waals surface area contributed by atoms with Crippen molar-refractivity contribution in [1.82, 2.24) is 4.98 Å². The molecule has 5 nitrogen and oxygen atoms in total. The molecule has 31 heavy (non-hydrogen) atoms. The Hall–Kier alpha value is -3.22. The molecule has 158 valence electrons. The number of nitrogens with zero attached hydrogens (tertiary/aromatic N) is 1. The minimum atomic E-state index is -0.989. The molecule has 0 aliphatic carbocycles. The number of rotatable bonds is 8. The number of carboxylic acids is 1. The van der Waals surface area contributed by atoms with Crippen LogP contribution in [0.3, 0.4) is 0 Å². The lowest BCUT2D eigenvalue weighted by Gasteiger charge is -2.30. The number of hydrogen-bond donors (Lipinski definition) is 1. The van der Waals surface area contributed by atoms with Gasteiger partial charge in [-0.25, -0.2) is 9.78 Å². The topological polar surface area (TPSA) is 68.7 Å². The normalized spacial score (nSPS) is 13.1. The summed E-state index contributed by atoms with van der Waals surface area (Å²) in [5.74, 6) is -0.270. The average Bonchev–Trinajstić information content (AvgIpc) is 3.30. The van der Waals surface area contributed by atoms with Gasteiger partial charge in [0.15, 0.2) is 0 Å². The lowest BCUT2D eigenvalue weighted by molar-refractivity contribution is 0.0182. The van der Waals surface area contributed by atoms with Crippen molar-refractivity contribution in [2.24, 2.45) is 0 Å². The first-order chi connectivity index (χ1) is 15.1. The van der Waals surface area contributed by atoms with Crippen molar-refractivity contribution in [3.8, 4) is 5.75 Å². The van der Waals surface area contributed by atoms with E-state index in [1.807, 2.05) is 43.3 Å². The molecule has 0 amide bonds. The summed E-state index contributed by atoms with van der Waals surface area (Å²) in [4.78, 5) is 15.9. The summed E-state index contributed by atoms with van der Waals surface area (Å²) in [6.45, 7) is 2.44. The highest BCUT2D eigenvalue weighted by Crippen LogP contribution is 2.39. The second-order valence-electron chi connectivity index (χ2n) is 7.22. The maximum absolute atomic E-state index is 11.3. The van der Waals surface area contributed by atoms with Gasteiger partial charge in [-0.15, -0.1) is 11.3 Å². The van der Waals surface area contributed by atoms with E-state index in [4.69, 9.17) is 9.47 Å². The molecule has 6 heteroatoms. The van der Waals surface area contributed by atoms with Crippen LogP contribution < -0.4 is 4.74 Å². The number of carbonyl (C=O) groups is 1. The van der Waals surface area contributed by atoms with Crippen molar-refractivity contribution in [2.45, 2.75) is 25.6 Å². The highest BCUT2D eigenvalue weighted by molar-refractivity contribution is 7.13. The van der Waals surface area contributed by atoms with Gasteiger partial charge in [-0.2, -0.15) is 0 Å². The fraction of sp³-hybridized carbons (Fsp3) is 0.200. The van der Waals surface area contributed by atoms with Gasteiger partial charge in [-0.1, -0.05) is 55.5 Å². The molecule has 3 aromatic carbocycles. The Morgan fingerprint density at radius 1 is 1.06 bits per heavy atom. The van der Waals surface area contributed by atoms with Gasteiger partial charge in [-0.3, -0.25) is 0 Å². The zero-order valence-electron chi connectivity index (χ0n) is 17.4. The number of carboxylic acid groups (broad SMARTS) is 1. The van der Waals surface area contributed by atoms with Crippen LogP contribution in [0.25, 0.3) is 10.8 Å². The third-order valence-corrected chi connectivity index (χ3v) is 6.56. The van der Waals surface area contributed by atoms with Crippen LogP contribution in [-0.4, -0.2) is 23.2 Å². The van der Waals surface area contributed by atoms with Crippen molar-refractivity contribution < 1.29 is 19.4 Å². The molecule has 0 spiro atoms. The van der Waals surface area contributed by atoms with Gasteiger partial charge in [0.1, 0.15) is 27.8 Å². The van der Waals surface area contributed by atoms with E-state index in [9.17, 15) is 9.90 Å². The van der Waals surface area contributed by atoms with Crippen LogP contribution in [0.1, 0.15) is 39.2 Å². The fourth-order valence-corrected chi connectivity index (χ4v) is 4.74. The molecule has 1 heterocycles. The maximum atomic E-state index is 11.3. The van der Waals surface area contributed by atoms with Crippen molar-refractivity contribution in [2.75, 3.05) is 7.11 Å². The van der Waals surface area contributed by atoms with Gasteiger partial charge in [0.2, 0.25) is 0 Å². The summed E-state index contributed by atoms with van der Waals surface area (Å²) in [5.41, 5.74) is 1.13. The molecule has 0 saturated heterocycles. The van der Waals surface area contributed by atoms with Gasteiger partial charge in [0, 0.05) is 7.11 Å². The summed E-state index contributed by atoms with van der Waals surface area (Å²) >= 11 is 1.13. The smallest absolute Gasteiger partial charge is 0.347 e. The van der Waals surface area contributed by atoms with Crippen LogP contribution >= 0.6 is 11.3 Å². The number of ether oxygens (including phenoxy) is 2. The van der Waals surface area contributed by atoms with E-state index >= 15 is 0 Å². The molecule has 1 N–H and O–H groups in total. The van der Waals surface area contributed by atoms with Crippen LogP contribution in [0.2, 0.25) is 0 Å². The standard InChI is InChI=1S/C25H23NO4S/c1-3-25(29-2,24-26-15-22(31-24)23(27)28)20-9-6-10-21(14-20)30-16-17-11-12-18-7-4-5-8-19(18)13-17/h4-15H,3,16H2,1-2H3,(H,27,28). The second kappa shape index (κ2) is 8.88. The molecular weight excluding hydrogens is 410 g/mol. The molecule has 0 radical (unpaired) electrons. The van der Waals surface area contributed by atoms with Gasteiger partial charge < -0.3 is 14.6 Å². The average molecular weight is 434 g/mol. The van der Waals surface area contributed by atoms with Crippen molar-refractivity contribution >= 4 is 28.1 Å². The number of aromatic nitrogens is 1. The lowest BCUT2D eigenvalue weighted by atomic mass is 9.91. The van der Waals surface area contributed by atoms with Crippen LogP contribution in [0.4, 0.5) is 0 Å². The second-order valence-corrected chi connectivity index (χ2v) is 8.25. The van der Waals surface area contributed by atoms with Crippen molar-refractivity contribution in [3.05, 3.63) is 93.9 Å². The quantitative estimate of drug-likeness (QED) is 0.376. The predicted octanol–water partition coefficient (Wildman–Crippen LogP) is 5.87. The summed E-state index contributed by atoms with van der Waals surface area (Å²) in [6, 6.07) is 22.3. The highest BCUT2D eigenvalue weighted by atomic mass is 32.1. The fourth-order valence-electron chi connectivity index (χ4n) is 3.72. The Labute approximate surface area is 184 Å². The molecule has 0 aliphatic heterocycles. The number of thiazole rings is 1. The Kier molecular flexibility index (Phi) is 6.02. The van der Waals surface area contributed by atoms with Crippen LogP contribution in [0, 0.1) is 0 Å². The number of methoxy groups -OCH3 is 1. The molecule has 1 atom stereocenters. The van der Waals surface area contributed by atoms with Crippen molar-refractivity contribution in [1.29, 1.82) is 0 Å². The third-order valence-electron chi connectivity index (χ3n) is 5.43. The van der Waals surface area contributed by atoms with Crippen LogP contribution in [0.15, 0.2) is 72.9 Å².